The molecule has 1 aliphatic carbocycles. The zero-order valence-electron chi connectivity index (χ0n) is 12.2. The van der Waals surface area contributed by atoms with Crippen LogP contribution in [-0.2, 0) is 28.5 Å². The third-order valence-electron chi connectivity index (χ3n) is 3.17. The van der Waals surface area contributed by atoms with Crippen LogP contribution in [0.15, 0.2) is 11.6 Å². The van der Waals surface area contributed by atoms with Crippen molar-refractivity contribution in [2.75, 3.05) is 6.61 Å². The monoisotopic (exact) mass is 284 g/mol. The Hall–Kier alpha value is -1.40. The summed E-state index contributed by atoms with van der Waals surface area (Å²) < 4.78 is 21.7. The van der Waals surface area contributed by atoms with Gasteiger partial charge in [-0.05, 0) is 26.8 Å². The highest BCUT2D eigenvalue weighted by molar-refractivity contribution is 5.89. The van der Waals surface area contributed by atoms with Crippen LogP contribution in [0.2, 0.25) is 0 Å². The zero-order valence-corrected chi connectivity index (χ0v) is 12.2. The van der Waals surface area contributed by atoms with Crippen LogP contribution in [0, 0.1) is 0 Å². The van der Waals surface area contributed by atoms with Gasteiger partial charge in [0, 0.05) is 18.9 Å². The predicted octanol–water partition coefficient (Wildman–Crippen LogP) is 1.33. The molecule has 6 nitrogen and oxygen atoms in total. The Labute approximate surface area is 118 Å². The minimum Gasteiger partial charge on any atom is -0.463 e. The second-order valence-electron chi connectivity index (χ2n) is 5.33. The first-order chi connectivity index (χ1) is 9.32. The molecule has 0 saturated carbocycles. The average Bonchev–Trinajstić information content (AvgIpc) is 2.63. The molecule has 1 heterocycles. The van der Waals surface area contributed by atoms with E-state index < -0.39 is 36.0 Å². The van der Waals surface area contributed by atoms with E-state index in [0.717, 1.165) is 0 Å². The Bertz CT molecular complexity index is 439. The highest BCUT2D eigenvalue weighted by Gasteiger charge is 2.48. The number of carbonyl (C=O) groups is 2. The summed E-state index contributed by atoms with van der Waals surface area (Å²) in [6.07, 6.45) is 0.634. The fourth-order valence-electron chi connectivity index (χ4n) is 2.53. The van der Waals surface area contributed by atoms with Crippen molar-refractivity contribution in [3.8, 4) is 0 Å². The van der Waals surface area contributed by atoms with Gasteiger partial charge >= 0.3 is 11.9 Å². The lowest BCUT2D eigenvalue weighted by molar-refractivity contribution is -0.169. The van der Waals surface area contributed by atoms with Gasteiger partial charge in [-0.3, -0.25) is 4.79 Å². The van der Waals surface area contributed by atoms with Crippen molar-refractivity contribution in [2.24, 2.45) is 0 Å². The Balaban J connectivity index is 2.21. The third-order valence-corrected chi connectivity index (χ3v) is 3.17. The van der Waals surface area contributed by atoms with Gasteiger partial charge in [-0.2, -0.15) is 0 Å². The second kappa shape index (κ2) is 5.54. The lowest BCUT2D eigenvalue weighted by Crippen LogP contribution is -2.42. The SMILES string of the molecule is CCOC(=O)C1=C[C@H]2OC(C)(C)O[C@H]2[C@@H](OC(C)=O)C1. The van der Waals surface area contributed by atoms with E-state index in [9.17, 15) is 9.59 Å². The van der Waals surface area contributed by atoms with Gasteiger partial charge in [-0.25, -0.2) is 4.79 Å². The zero-order chi connectivity index (χ0) is 14.9. The first-order valence-electron chi connectivity index (χ1n) is 6.73. The molecule has 2 rings (SSSR count). The second-order valence-corrected chi connectivity index (χ2v) is 5.33. The lowest BCUT2D eigenvalue weighted by Gasteiger charge is -2.29. The molecule has 0 aromatic carbocycles. The predicted molar refractivity (Wildman–Crippen MR) is 68.7 cm³/mol. The Morgan fingerprint density at radius 3 is 2.70 bits per heavy atom. The van der Waals surface area contributed by atoms with Gasteiger partial charge in [0.1, 0.15) is 18.3 Å². The maximum atomic E-state index is 11.9. The fourth-order valence-corrected chi connectivity index (χ4v) is 2.53. The van der Waals surface area contributed by atoms with Crippen LogP contribution in [0.1, 0.15) is 34.1 Å². The molecule has 20 heavy (non-hydrogen) atoms. The van der Waals surface area contributed by atoms with Crippen molar-refractivity contribution < 1.29 is 28.5 Å². The molecule has 0 aromatic heterocycles. The largest absolute Gasteiger partial charge is 0.463 e. The van der Waals surface area contributed by atoms with Gasteiger partial charge in [0.2, 0.25) is 0 Å². The summed E-state index contributed by atoms with van der Waals surface area (Å²) in [5, 5.41) is 0. The van der Waals surface area contributed by atoms with E-state index in [2.05, 4.69) is 0 Å². The number of esters is 2. The van der Waals surface area contributed by atoms with Crippen LogP contribution in [0.25, 0.3) is 0 Å². The van der Waals surface area contributed by atoms with E-state index in [0.29, 0.717) is 12.2 Å². The maximum Gasteiger partial charge on any atom is 0.333 e. The number of hydrogen-bond acceptors (Lipinski definition) is 6. The van der Waals surface area contributed by atoms with Gasteiger partial charge < -0.3 is 18.9 Å². The van der Waals surface area contributed by atoms with Crippen LogP contribution in [0.3, 0.4) is 0 Å². The minimum atomic E-state index is -0.770. The maximum absolute atomic E-state index is 11.9. The van der Waals surface area contributed by atoms with Crippen LogP contribution in [-0.4, -0.2) is 42.6 Å². The molecule has 1 aliphatic heterocycles. The molecule has 0 N–H and O–H groups in total. The van der Waals surface area contributed by atoms with Crippen molar-refractivity contribution in [3.63, 3.8) is 0 Å². The molecule has 0 bridgehead atoms. The summed E-state index contributed by atoms with van der Waals surface area (Å²) in [4.78, 5) is 23.1. The Morgan fingerprint density at radius 1 is 1.40 bits per heavy atom. The van der Waals surface area contributed by atoms with Crippen molar-refractivity contribution in [2.45, 2.75) is 58.2 Å². The molecule has 0 unspecified atom stereocenters. The van der Waals surface area contributed by atoms with Gasteiger partial charge in [-0.15, -0.1) is 0 Å². The molecular weight excluding hydrogens is 264 g/mol. The lowest BCUT2D eigenvalue weighted by atomic mass is 9.92. The summed E-state index contributed by atoms with van der Waals surface area (Å²) in [5.41, 5.74) is 0.459. The van der Waals surface area contributed by atoms with Gasteiger partial charge in [0.25, 0.3) is 0 Å². The molecular formula is C14H20O6. The topological polar surface area (TPSA) is 71.1 Å². The van der Waals surface area contributed by atoms with Crippen molar-refractivity contribution in [1.82, 2.24) is 0 Å². The van der Waals surface area contributed by atoms with Gasteiger partial charge in [-0.1, -0.05) is 0 Å². The molecule has 0 aromatic rings. The Morgan fingerprint density at radius 2 is 2.10 bits per heavy atom. The summed E-state index contributed by atoms with van der Waals surface area (Å²) in [6, 6.07) is 0. The van der Waals surface area contributed by atoms with Gasteiger partial charge in [0.05, 0.1) is 6.61 Å². The molecule has 0 amide bonds. The standard InChI is InChI=1S/C14H20O6/c1-5-17-13(16)9-6-10(18-8(2)15)12-11(7-9)19-14(3,4)20-12/h7,10-12H,5-6H2,1-4H3/t10-,11+,12-/m0/s1. The number of ether oxygens (including phenoxy) is 4. The normalized spacial score (nSPS) is 31.2. The summed E-state index contributed by atoms with van der Waals surface area (Å²) in [5.74, 6) is -1.59. The molecule has 2 aliphatic rings. The van der Waals surface area contributed by atoms with Gasteiger partial charge in [0.15, 0.2) is 5.79 Å². The highest BCUT2D eigenvalue weighted by Crippen LogP contribution is 2.37. The quantitative estimate of drug-likeness (QED) is 0.728. The van der Waals surface area contributed by atoms with Crippen LogP contribution < -0.4 is 0 Å². The smallest absolute Gasteiger partial charge is 0.333 e. The van der Waals surface area contributed by atoms with E-state index >= 15 is 0 Å². The van der Waals surface area contributed by atoms with E-state index in [-0.39, 0.29) is 6.42 Å². The van der Waals surface area contributed by atoms with Crippen molar-refractivity contribution in [1.29, 1.82) is 0 Å². The first-order valence-corrected chi connectivity index (χ1v) is 6.73. The number of rotatable bonds is 3. The summed E-state index contributed by atoms with van der Waals surface area (Å²) in [7, 11) is 0. The molecule has 1 saturated heterocycles. The van der Waals surface area contributed by atoms with E-state index in [4.69, 9.17) is 18.9 Å². The van der Waals surface area contributed by atoms with E-state index in [1.165, 1.54) is 6.92 Å². The first kappa shape index (κ1) is 15.0. The molecule has 0 radical (unpaired) electrons. The summed E-state index contributed by atoms with van der Waals surface area (Å²) in [6.45, 7) is 6.94. The third kappa shape index (κ3) is 3.19. The highest BCUT2D eigenvalue weighted by atomic mass is 16.8. The summed E-state index contributed by atoms with van der Waals surface area (Å²) >= 11 is 0. The average molecular weight is 284 g/mol. The Kier molecular flexibility index (Phi) is 4.15. The van der Waals surface area contributed by atoms with E-state index in [1.54, 1.807) is 26.8 Å². The minimum absolute atomic E-state index is 0.277. The van der Waals surface area contributed by atoms with E-state index in [1.807, 2.05) is 0 Å². The molecule has 6 heteroatoms. The molecule has 0 spiro atoms. The number of carbonyl (C=O) groups excluding carboxylic acids is 2. The van der Waals surface area contributed by atoms with Crippen LogP contribution in [0.5, 0.6) is 0 Å². The van der Waals surface area contributed by atoms with Crippen LogP contribution in [0.4, 0.5) is 0 Å². The molecule has 112 valence electrons. The number of fused-ring (bicyclic) bond motifs is 1. The van der Waals surface area contributed by atoms with Crippen LogP contribution >= 0.6 is 0 Å². The van der Waals surface area contributed by atoms with Crippen molar-refractivity contribution >= 4 is 11.9 Å². The molecule has 1 fully saturated rings. The fraction of sp³-hybridized carbons (Fsp3) is 0.714. The number of hydrogen-bond donors (Lipinski definition) is 0. The molecule has 3 atom stereocenters. The van der Waals surface area contributed by atoms with Crippen molar-refractivity contribution in [3.05, 3.63) is 11.6 Å².